The molecule has 1 aromatic heterocycles. The summed E-state index contributed by atoms with van der Waals surface area (Å²) in [6.45, 7) is 0.199. The van der Waals surface area contributed by atoms with E-state index in [1.165, 1.54) is 15.5 Å². The molecule has 3 aromatic carbocycles. The van der Waals surface area contributed by atoms with Gasteiger partial charge in [0.25, 0.3) is 5.91 Å². The topological polar surface area (TPSA) is 112 Å². The van der Waals surface area contributed by atoms with Crippen LogP contribution in [0, 0.1) is 0 Å². The van der Waals surface area contributed by atoms with Crippen molar-refractivity contribution in [3.63, 3.8) is 0 Å². The van der Waals surface area contributed by atoms with Gasteiger partial charge in [-0.1, -0.05) is 58.6 Å². The van der Waals surface area contributed by atoms with Gasteiger partial charge in [-0.05, 0) is 29.8 Å². The van der Waals surface area contributed by atoms with Gasteiger partial charge in [0.2, 0.25) is 0 Å². The third-order valence-corrected chi connectivity index (χ3v) is 5.73. The zero-order chi connectivity index (χ0) is 23.7. The van der Waals surface area contributed by atoms with E-state index in [0.29, 0.717) is 15.7 Å². The first-order chi connectivity index (χ1) is 15.8. The number of hydrogen-bond donors (Lipinski definition) is 3. The molecule has 33 heavy (non-hydrogen) atoms. The molecule has 0 saturated carbocycles. The number of benzene rings is 3. The molecular weight excluding hydrogens is 467 g/mol. The Labute approximate surface area is 198 Å². The van der Waals surface area contributed by atoms with Gasteiger partial charge < -0.3 is 20.2 Å². The summed E-state index contributed by atoms with van der Waals surface area (Å²) in [4.78, 5) is 14.5. The molecule has 0 aliphatic carbocycles. The molecule has 0 aliphatic heterocycles. The second kappa shape index (κ2) is 9.01. The van der Waals surface area contributed by atoms with Crippen LogP contribution in [0.5, 0.6) is 17.5 Å². The van der Waals surface area contributed by atoms with Crippen molar-refractivity contribution < 1.29 is 20.1 Å². The summed E-state index contributed by atoms with van der Waals surface area (Å²) >= 11 is 12.5. The van der Waals surface area contributed by atoms with E-state index in [1.807, 2.05) is 6.07 Å². The third kappa shape index (κ3) is 4.30. The maximum atomic E-state index is 13.1. The lowest BCUT2D eigenvalue weighted by atomic mass is 10.1. The monoisotopic (exact) mass is 484 g/mol. The highest BCUT2D eigenvalue weighted by Gasteiger charge is 2.24. The average molecular weight is 485 g/mol. The lowest BCUT2D eigenvalue weighted by Crippen LogP contribution is -2.26. The number of halogens is 2. The summed E-state index contributed by atoms with van der Waals surface area (Å²) in [7, 11) is 1.57. The Morgan fingerprint density at radius 1 is 0.939 bits per heavy atom. The minimum absolute atomic E-state index is 0.0286. The van der Waals surface area contributed by atoms with Gasteiger partial charge >= 0.3 is 6.01 Å². The lowest BCUT2D eigenvalue weighted by molar-refractivity contribution is 0.0782. The van der Waals surface area contributed by atoms with Crippen LogP contribution in [0.3, 0.4) is 0 Å². The Kier molecular flexibility index (Phi) is 6.13. The van der Waals surface area contributed by atoms with Crippen molar-refractivity contribution in [2.24, 2.45) is 0 Å². The number of amides is 1. The van der Waals surface area contributed by atoms with Crippen molar-refractivity contribution in [2.75, 3.05) is 7.05 Å². The Bertz CT molecular complexity index is 1360. The number of aromatic hydroxyl groups is 3. The predicted octanol–water partition coefficient (Wildman–Crippen LogP) is 4.63. The van der Waals surface area contributed by atoms with Gasteiger partial charge in [-0.25, -0.2) is 4.57 Å². The van der Waals surface area contributed by atoms with Crippen LogP contribution < -0.4 is 0 Å². The van der Waals surface area contributed by atoms with E-state index in [2.05, 4.69) is 10.2 Å². The van der Waals surface area contributed by atoms with E-state index >= 15 is 0 Å². The minimum atomic E-state index is -0.512. The quantitative estimate of drug-likeness (QED) is 0.380. The summed E-state index contributed by atoms with van der Waals surface area (Å²) in [6.07, 6.45) is 0. The largest absolute Gasteiger partial charge is 0.507 e. The smallest absolute Gasteiger partial charge is 0.319 e. The molecule has 10 heteroatoms. The van der Waals surface area contributed by atoms with E-state index in [4.69, 9.17) is 23.2 Å². The van der Waals surface area contributed by atoms with Crippen molar-refractivity contribution in [3.05, 3.63) is 81.8 Å². The van der Waals surface area contributed by atoms with Crippen molar-refractivity contribution in [1.29, 1.82) is 0 Å². The van der Waals surface area contributed by atoms with Gasteiger partial charge in [-0.2, -0.15) is 0 Å². The van der Waals surface area contributed by atoms with Crippen LogP contribution in [0.2, 0.25) is 10.0 Å². The van der Waals surface area contributed by atoms with E-state index in [0.717, 1.165) is 11.6 Å². The summed E-state index contributed by atoms with van der Waals surface area (Å²) in [5.41, 5.74) is 1.09. The molecule has 0 aliphatic rings. The van der Waals surface area contributed by atoms with Crippen LogP contribution in [0.15, 0.2) is 60.7 Å². The Hall–Kier alpha value is -3.75. The molecule has 0 radical (unpaired) electrons. The fraction of sp³-hybridized carbons (Fsp3) is 0.0870. The molecule has 4 aromatic rings. The second-order valence-corrected chi connectivity index (χ2v) is 8.06. The molecule has 0 spiro atoms. The Morgan fingerprint density at radius 3 is 2.30 bits per heavy atom. The molecule has 0 atom stereocenters. The first kappa shape index (κ1) is 22.4. The Morgan fingerprint density at radius 2 is 1.61 bits per heavy atom. The average Bonchev–Trinajstić information content (AvgIpc) is 3.16. The highest BCUT2D eigenvalue weighted by Crippen LogP contribution is 2.38. The molecule has 4 rings (SSSR count). The van der Waals surface area contributed by atoms with Gasteiger partial charge in [0.05, 0.1) is 21.8 Å². The number of carbonyl (C=O) groups excluding carboxylic acids is 1. The molecule has 1 heterocycles. The minimum Gasteiger partial charge on any atom is -0.507 e. The van der Waals surface area contributed by atoms with Crippen LogP contribution in [-0.2, 0) is 6.54 Å². The number of aromatic nitrogens is 3. The van der Waals surface area contributed by atoms with Gasteiger partial charge in [-0.15, -0.1) is 5.10 Å². The van der Waals surface area contributed by atoms with Crippen LogP contribution >= 0.6 is 23.2 Å². The number of para-hydroxylation sites is 1. The van der Waals surface area contributed by atoms with Crippen molar-refractivity contribution >= 4 is 29.1 Å². The molecule has 168 valence electrons. The van der Waals surface area contributed by atoms with Crippen molar-refractivity contribution in [1.82, 2.24) is 19.7 Å². The second-order valence-electron chi connectivity index (χ2n) is 7.25. The van der Waals surface area contributed by atoms with E-state index < -0.39 is 17.7 Å². The molecule has 0 fully saturated rings. The molecule has 1 amide bonds. The highest BCUT2D eigenvalue weighted by molar-refractivity contribution is 6.32. The zero-order valence-electron chi connectivity index (χ0n) is 17.3. The summed E-state index contributed by atoms with van der Waals surface area (Å²) < 4.78 is 1.23. The fourth-order valence-electron chi connectivity index (χ4n) is 3.39. The molecular formula is C23H18Cl2N4O4. The number of phenols is 2. The summed E-state index contributed by atoms with van der Waals surface area (Å²) in [5.74, 6) is -1.26. The Balaban J connectivity index is 1.76. The predicted molar refractivity (Wildman–Crippen MR) is 124 cm³/mol. The van der Waals surface area contributed by atoms with Crippen LogP contribution in [0.25, 0.3) is 17.1 Å². The number of rotatable bonds is 5. The van der Waals surface area contributed by atoms with Gasteiger partial charge in [0.1, 0.15) is 11.5 Å². The number of carbonyl (C=O) groups is 1. The number of phenolic OH excluding ortho intramolecular Hbond substituents is 2. The maximum Gasteiger partial charge on any atom is 0.319 e. The SMILES string of the molecule is CN(Cc1ccccc1Cl)C(=O)c1cc(-c2nnc(O)n2-c2ccccc2Cl)c(O)cc1O. The van der Waals surface area contributed by atoms with E-state index in [-0.39, 0.29) is 29.2 Å². The maximum absolute atomic E-state index is 13.1. The third-order valence-electron chi connectivity index (χ3n) is 5.04. The normalized spacial score (nSPS) is 10.9. The standard InChI is InChI=1S/C23H18Cl2N4O4/c1-28(12-13-6-2-3-7-16(13)24)22(32)15-10-14(19(30)11-20(15)31)21-26-27-23(33)29(21)18-9-5-4-8-17(18)25/h2-11,30-31H,12H2,1H3,(H,27,33). The van der Waals surface area contributed by atoms with Gasteiger partial charge in [0.15, 0.2) is 5.82 Å². The number of hydrogen-bond acceptors (Lipinski definition) is 6. The van der Waals surface area contributed by atoms with Crippen LogP contribution in [0.1, 0.15) is 15.9 Å². The zero-order valence-corrected chi connectivity index (χ0v) is 18.8. The summed E-state index contributed by atoms with van der Waals surface area (Å²) in [5, 5.41) is 39.6. The fourth-order valence-corrected chi connectivity index (χ4v) is 3.81. The first-order valence-electron chi connectivity index (χ1n) is 9.72. The lowest BCUT2D eigenvalue weighted by Gasteiger charge is -2.19. The molecule has 0 saturated heterocycles. The van der Waals surface area contributed by atoms with E-state index in [1.54, 1.807) is 49.5 Å². The van der Waals surface area contributed by atoms with E-state index in [9.17, 15) is 20.1 Å². The summed E-state index contributed by atoms with van der Waals surface area (Å²) in [6, 6.07) is 15.7. The molecule has 8 nitrogen and oxygen atoms in total. The van der Waals surface area contributed by atoms with Crippen LogP contribution in [0.4, 0.5) is 0 Å². The van der Waals surface area contributed by atoms with Crippen molar-refractivity contribution in [2.45, 2.75) is 6.54 Å². The number of nitrogens with zero attached hydrogens (tertiary/aromatic N) is 4. The molecule has 3 N–H and O–H groups in total. The van der Waals surface area contributed by atoms with Crippen molar-refractivity contribution in [3.8, 4) is 34.6 Å². The molecule has 0 bridgehead atoms. The van der Waals surface area contributed by atoms with Crippen LogP contribution in [-0.4, -0.2) is 47.9 Å². The first-order valence-corrected chi connectivity index (χ1v) is 10.5. The van der Waals surface area contributed by atoms with Gasteiger partial charge in [0, 0.05) is 24.7 Å². The van der Waals surface area contributed by atoms with Gasteiger partial charge in [-0.3, -0.25) is 4.79 Å². The highest BCUT2D eigenvalue weighted by atomic mass is 35.5. The molecule has 0 unspecified atom stereocenters.